The van der Waals surface area contributed by atoms with Gasteiger partial charge in [0.25, 0.3) is 0 Å². The summed E-state index contributed by atoms with van der Waals surface area (Å²) in [5.74, 6) is 0. The van der Waals surface area contributed by atoms with E-state index in [1.165, 1.54) is 0 Å². The van der Waals surface area contributed by atoms with Gasteiger partial charge in [0.15, 0.2) is 0 Å². The van der Waals surface area contributed by atoms with E-state index in [1.807, 2.05) is 24.3 Å². The Hall–Kier alpha value is -1.06. The molecule has 1 nitrogen and oxygen atoms in total. The molecular formula is C14H8Br2O. The number of hydrogen-bond donors (Lipinski definition) is 0. The predicted molar refractivity (Wildman–Crippen MR) is 77.0 cm³/mol. The average molecular weight is 352 g/mol. The molecule has 3 aromatic rings. The second kappa shape index (κ2) is 4.31. The van der Waals surface area contributed by atoms with Crippen LogP contribution in [-0.4, -0.2) is 0 Å². The van der Waals surface area contributed by atoms with Crippen LogP contribution in [0, 0.1) is 0 Å². The third-order valence-corrected chi connectivity index (χ3v) is 3.85. The maximum absolute atomic E-state index is 5.61. The molecule has 1 heterocycles. The van der Waals surface area contributed by atoms with Crippen LogP contribution in [0.3, 0.4) is 0 Å². The second-order valence-electron chi connectivity index (χ2n) is 3.77. The quantitative estimate of drug-likeness (QED) is 0.554. The van der Waals surface area contributed by atoms with Crippen molar-refractivity contribution in [3.8, 4) is 11.1 Å². The molecule has 1 aromatic heterocycles. The molecule has 0 spiro atoms. The Morgan fingerprint density at radius 2 is 1.65 bits per heavy atom. The van der Waals surface area contributed by atoms with Gasteiger partial charge < -0.3 is 4.42 Å². The highest BCUT2D eigenvalue weighted by molar-refractivity contribution is 9.11. The number of halogens is 2. The van der Waals surface area contributed by atoms with Crippen LogP contribution in [0.15, 0.2) is 62.1 Å². The lowest BCUT2D eigenvalue weighted by Gasteiger charge is -2.02. The van der Waals surface area contributed by atoms with Gasteiger partial charge in [-0.1, -0.05) is 40.2 Å². The summed E-state index contributed by atoms with van der Waals surface area (Å²) < 4.78 is 7.68. The minimum atomic E-state index is 0.918. The molecule has 0 bridgehead atoms. The van der Waals surface area contributed by atoms with Crippen LogP contribution >= 0.6 is 31.9 Å². The highest BCUT2D eigenvalue weighted by Crippen LogP contribution is 2.34. The number of hydrogen-bond acceptors (Lipinski definition) is 1. The number of rotatable bonds is 1. The first-order chi connectivity index (χ1) is 8.25. The SMILES string of the molecule is Brc1ccc(-c2cccc3c(Br)coc23)cc1. The van der Waals surface area contributed by atoms with Crippen molar-refractivity contribution < 1.29 is 4.42 Å². The third kappa shape index (κ3) is 1.94. The summed E-state index contributed by atoms with van der Waals surface area (Å²) >= 11 is 6.92. The zero-order valence-corrected chi connectivity index (χ0v) is 12.0. The van der Waals surface area contributed by atoms with Crippen molar-refractivity contribution in [3.05, 3.63) is 57.7 Å². The van der Waals surface area contributed by atoms with Crippen LogP contribution in [0.25, 0.3) is 22.1 Å². The molecule has 0 N–H and O–H groups in total. The Morgan fingerprint density at radius 3 is 2.41 bits per heavy atom. The fourth-order valence-corrected chi connectivity index (χ4v) is 2.55. The zero-order chi connectivity index (χ0) is 11.8. The van der Waals surface area contributed by atoms with E-state index in [-0.39, 0.29) is 0 Å². The molecule has 2 aromatic carbocycles. The van der Waals surface area contributed by atoms with Gasteiger partial charge in [-0.25, -0.2) is 0 Å². The smallest absolute Gasteiger partial charge is 0.142 e. The van der Waals surface area contributed by atoms with Crippen molar-refractivity contribution in [2.24, 2.45) is 0 Å². The molecule has 0 fully saturated rings. The minimum absolute atomic E-state index is 0.918. The lowest BCUT2D eigenvalue weighted by Crippen LogP contribution is -1.78. The monoisotopic (exact) mass is 350 g/mol. The van der Waals surface area contributed by atoms with Gasteiger partial charge >= 0.3 is 0 Å². The first-order valence-corrected chi connectivity index (χ1v) is 6.76. The number of benzene rings is 2. The standard InChI is InChI=1S/C14H8Br2O/c15-10-6-4-9(5-7-10)11-2-1-3-12-13(16)8-17-14(11)12/h1-8H. The molecule has 0 amide bonds. The molecule has 0 aliphatic carbocycles. The molecular weight excluding hydrogens is 344 g/mol. The van der Waals surface area contributed by atoms with Gasteiger partial charge in [0.1, 0.15) is 11.8 Å². The Labute approximate surface area is 116 Å². The molecule has 3 rings (SSSR count). The minimum Gasteiger partial charge on any atom is -0.462 e. The van der Waals surface area contributed by atoms with Gasteiger partial charge in [0.2, 0.25) is 0 Å². The molecule has 0 aliphatic heterocycles. The molecule has 17 heavy (non-hydrogen) atoms. The van der Waals surface area contributed by atoms with E-state index in [9.17, 15) is 0 Å². The summed E-state index contributed by atoms with van der Waals surface area (Å²) in [4.78, 5) is 0. The number of para-hydroxylation sites is 1. The first kappa shape index (κ1) is 11.1. The van der Waals surface area contributed by atoms with Crippen LogP contribution < -0.4 is 0 Å². The fraction of sp³-hybridized carbons (Fsp3) is 0. The normalized spacial score (nSPS) is 10.9. The Kier molecular flexibility index (Phi) is 2.81. The molecule has 0 radical (unpaired) electrons. The Morgan fingerprint density at radius 1 is 0.882 bits per heavy atom. The summed E-state index contributed by atoms with van der Waals surface area (Å²) in [6.07, 6.45) is 1.73. The molecule has 84 valence electrons. The van der Waals surface area contributed by atoms with Crippen molar-refractivity contribution in [1.82, 2.24) is 0 Å². The van der Waals surface area contributed by atoms with Crippen LogP contribution in [-0.2, 0) is 0 Å². The fourth-order valence-electron chi connectivity index (χ4n) is 1.88. The third-order valence-electron chi connectivity index (χ3n) is 2.71. The summed E-state index contributed by atoms with van der Waals surface area (Å²) in [7, 11) is 0. The number of fused-ring (bicyclic) bond motifs is 1. The maximum atomic E-state index is 5.61. The first-order valence-electron chi connectivity index (χ1n) is 5.17. The van der Waals surface area contributed by atoms with E-state index in [1.54, 1.807) is 6.26 Å². The summed E-state index contributed by atoms with van der Waals surface area (Å²) in [5.41, 5.74) is 3.18. The van der Waals surface area contributed by atoms with Crippen LogP contribution in [0.5, 0.6) is 0 Å². The molecule has 0 saturated carbocycles. The second-order valence-corrected chi connectivity index (χ2v) is 5.54. The molecule has 0 atom stereocenters. The predicted octanol–water partition coefficient (Wildman–Crippen LogP) is 5.62. The van der Waals surface area contributed by atoms with Gasteiger partial charge in [0.05, 0.1) is 4.47 Å². The van der Waals surface area contributed by atoms with Gasteiger partial charge in [-0.15, -0.1) is 0 Å². The van der Waals surface area contributed by atoms with Gasteiger partial charge in [-0.3, -0.25) is 0 Å². The van der Waals surface area contributed by atoms with E-state index < -0.39 is 0 Å². The van der Waals surface area contributed by atoms with Gasteiger partial charge in [0, 0.05) is 15.4 Å². The maximum Gasteiger partial charge on any atom is 0.142 e. The zero-order valence-electron chi connectivity index (χ0n) is 8.78. The van der Waals surface area contributed by atoms with Crippen molar-refractivity contribution >= 4 is 42.8 Å². The van der Waals surface area contributed by atoms with Crippen molar-refractivity contribution in [1.29, 1.82) is 0 Å². The van der Waals surface area contributed by atoms with Crippen LogP contribution in [0.2, 0.25) is 0 Å². The summed E-state index contributed by atoms with van der Waals surface area (Å²) in [5, 5.41) is 1.10. The lowest BCUT2D eigenvalue weighted by atomic mass is 10.0. The van der Waals surface area contributed by atoms with Gasteiger partial charge in [-0.2, -0.15) is 0 Å². The molecule has 0 unspecified atom stereocenters. The van der Waals surface area contributed by atoms with Crippen molar-refractivity contribution in [3.63, 3.8) is 0 Å². The highest BCUT2D eigenvalue weighted by Gasteiger charge is 2.09. The van der Waals surface area contributed by atoms with E-state index in [4.69, 9.17) is 4.42 Å². The largest absolute Gasteiger partial charge is 0.462 e. The average Bonchev–Trinajstić information content (AvgIpc) is 2.73. The van der Waals surface area contributed by atoms with E-state index >= 15 is 0 Å². The topological polar surface area (TPSA) is 13.1 Å². The van der Waals surface area contributed by atoms with Crippen LogP contribution in [0.4, 0.5) is 0 Å². The molecule has 0 aliphatic rings. The number of furan rings is 1. The molecule has 0 saturated heterocycles. The highest BCUT2D eigenvalue weighted by atomic mass is 79.9. The summed E-state index contributed by atoms with van der Waals surface area (Å²) in [6, 6.07) is 14.4. The van der Waals surface area contributed by atoms with E-state index in [0.29, 0.717) is 0 Å². The van der Waals surface area contributed by atoms with E-state index in [2.05, 4.69) is 50.1 Å². The van der Waals surface area contributed by atoms with Crippen LogP contribution in [0.1, 0.15) is 0 Å². The van der Waals surface area contributed by atoms with Crippen molar-refractivity contribution in [2.75, 3.05) is 0 Å². The Bertz CT molecular complexity index is 668. The van der Waals surface area contributed by atoms with Crippen molar-refractivity contribution in [2.45, 2.75) is 0 Å². The van der Waals surface area contributed by atoms with E-state index in [0.717, 1.165) is 31.0 Å². The lowest BCUT2D eigenvalue weighted by molar-refractivity contribution is 0.615. The van der Waals surface area contributed by atoms with Gasteiger partial charge in [-0.05, 0) is 39.7 Å². The summed E-state index contributed by atoms with van der Waals surface area (Å²) in [6.45, 7) is 0. The Balaban J connectivity index is 2.26. The molecule has 3 heteroatoms.